The average molecular weight is 230 g/mol. The lowest BCUT2D eigenvalue weighted by Crippen LogP contribution is -1.95. The molecule has 2 aromatic rings. The Morgan fingerprint density at radius 3 is 2.47 bits per heavy atom. The number of rotatable bonds is 4. The van der Waals surface area contributed by atoms with E-state index in [0.29, 0.717) is 11.5 Å². The normalized spacial score (nSPS) is 9.76. The Morgan fingerprint density at radius 1 is 1.00 bits per heavy atom. The van der Waals surface area contributed by atoms with Gasteiger partial charge in [0.25, 0.3) is 0 Å². The zero-order chi connectivity index (χ0) is 12.1. The van der Waals surface area contributed by atoms with Crippen molar-refractivity contribution in [2.75, 3.05) is 19.5 Å². The number of benzene rings is 1. The quantitative estimate of drug-likeness (QED) is 0.877. The third-order valence-corrected chi connectivity index (χ3v) is 2.32. The largest absolute Gasteiger partial charge is 0.493 e. The second-order valence-corrected chi connectivity index (χ2v) is 3.41. The summed E-state index contributed by atoms with van der Waals surface area (Å²) in [5.41, 5.74) is 0.904. The van der Waals surface area contributed by atoms with Crippen molar-refractivity contribution >= 4 is 11.5 Å². The van der Waals surface area contributed by atoms with Crippen molar-refractivity contribution in [2.24, 2.45) is 0 Å². The highest BCUT2D eigenvalue weighted by atomic mass is 16.5. The van der Waals surface area contributed by atoms with Crippen LogP contribution in [0.1, 0.15) is 0 Å². The molecule has 0 aliphatic carbocycles. The van der Waals surface area contributed by atoms with Gasteiger partial charge in [-0.15, -0.1) is 0 Å². The molecule has 0 fully saturated rings. The van der Waals surface area contributed by atoms with Crippen LogP contribution in [0.5, 0.6) is 11.5 Å². The third-order valence-electron chi connectivity index (χ3n) is 2.32. The zero-order valence-electron chi connectivity index (χ0n) is 9.81. The molecule has 4 nitrogen and oxygen atoms in total. The van der Waals surface area contributed by atoms with E-state index in [-0.39, 0.29) is 0 Å². The predicted molar refractivity (Wildman–Crippen MR) is 67.1 cm³/mol. The van der Waals surface area contributed by atoms with Gasteiger partial charge in [-0.1, -0.05) is 6.07 Å². The predicted octanol–water partition coefficient (Wildman–Crippen LogP) is 2.84. The van der Waals surface area contributed by atoms with Crippen LogP contribution < -0.4 is 14.8 Å². The van der Waals surface area contributed by atoms with Crippen molar-refractivity contribution < 1.29 is 9.47 Å². The highest BCUT2D eigenvalue weighted by Gasteiger charge is 2.04. The zero-order valence-corrected chi connectivity index (χ0v) is 9.81. The van der Waals surface area contributed by atoms with E-state index in [9.17, 15) is 0 Å². The van der Waals surface area contributed by atoms with E-state index in [1.54, 1.807) is 20.4 Å². The Labute approximate surface area is 100 Å². The SMILES string of the molecule is COc1ccc(Nc2ccccn2)cc1OC. The molecule has 0 radical (unpaired) electrons. The number of nitrogens with zero attached hydrogens (tertiary/aromatic N) is 1. The molecule has 1 heterocycles. The molecule has 0 atom stereocenters. The van der Waals surface area contributed by atoms with E-state index < -0.39 is 0 Å². The summed E-state index contributed by atoms with van der Waals surface area (Å²) in [4.78, 5) is 4.19. The van der Waals surface area contributed by atoms with Crippen LogP contribution in [-0.4, -0.2) is 19.2 Å². The lowest BCUT2D eigenvalue weighted by atomic mass is 10.2. The van der Waals surface area contributed by atoms with Crippen LogP contribution in [-0.2, 0) is 0 Å². The first-order valence-electron chi connectivity index (χ1n) is 5.23. The smallest absolute Gasteiger partial charge is 0.162 e. The number of hydrogen-bond donors (Lipinski definition) is 1. The summed E-state index contributed by atoms with van der Waals surface area (Å²) in [5.74, 6) is 2.19. The van der Waals surface area contributed by atoms with Gasteiger partial charge in [0.1, 0.15) is 5.82 Å². The number of ether oxygens (including phenoxy) is 2. The Balaban J connectivity index is 2.22. The van der Waals surface area contributed by atoms with E-state index >= 15 is 0 Å². The van der Waals surface area contributed by atoms with E-state index in [1.807, 2.05) is 36.4 Å². The molecular weight excluding hydrogens is 216 g/mol. The van der Waals surface area contributed by atoms with Gasteiger partial charge in [0.05, 0.1) is 14.2 Å². The first-order valence-corrected chi connectivity index (χ1v) is 5.23. The van der Waals surface area contributed by atoms with Crippen LogP contribution in [0.2, 0.25) is 0 Å². The Kier molecular flexibility index (Phi) is 3.45. The molecule has 1 aromatic carbocycles. The average Bonchev–Trinajstić information content (AvgIpc) is 2.40. The summed E-state index contributed by atoms with van der Waals surface area (Å²) in [6.07, 6.45) is 1.74. The van der Waals surface area contributed by atoms with Gasteiger partial charge in [-0.3, -0.25) is 0 Å². The first kappa shape index (κ1) is 11.3. The van der Waals surface area contributed by atoms with Gasteiger partial charge in [0, 0.05) is 18.0 Å². The number of hydrogen-bond acceptors (Lipinski definition) is 4. The summed E-state index contributed by atoms with van der Waals surface area (Å²) in [6.45, 7) is 0. The van der Waals surface area contributed by atoms with Gasteiger partial charge >= 0.3 is 0 Å². The molecule has 0 aliphatic heterocycles. The molecule has 0 unspecified atom stereocenters. The molecule has 0 spiro atoms. The third kappa shape index (κ3) is 2.66. The van der Waals surface area contributed by atoms with Crippen LogP contribution in [0.3, 0.4) is 0 Å². The summed E-state index contributed by atoms with van der Waals surface area (Å²) >= 11 is 0. The Morgan fingerprint density at radius 2 is 1.82 bits per heavy atom. The van der Waals surface area contributed by atoms with Crippen molar-refractivity contribution in [3.05, 3.63) is 42.6 Å². The van der Waals surface area contributed by atoms with Gasteiger partial charge < -0.3 is 14.8 Å². The minimum absolute atomic E-state index is 0.688. The standard InChI is InChI=1S/C13H14N2O2/c1-16-11-7-6-10(9-12(11)17-2)15-13-5-3-4-8-14-13/h3-9H,1-2H3,(H,14,15). The van der Waals surface area contributed by atoms with Crippen LogP contribution in [0.4, 0.5) is 11.5 Å². The van der Waals surface area contributed by atoms with Crippen LogP contribution in [0, 0.1) is 0 Å². The molecule has 88 valence electrons. The fraction of sp³-hybridized carbons (Fsp3) is 0.154. The fourth-order valence-corrected chi connectivity index (χ4v) is 1.50. The highest BCUT2D eigenvalue weighted by molar-refractivity contribution is 5.61. The molecule has 4 heteroatoms. The first-order chi connectivity index (χ1) is 8.33. The lowest BCUT2D eigenvalue weighted by molar-refractivity contribution is 0.355. The maximum atomic E-state index is 5.23. The molecule has 0 aliphatic rings. The van der Waals surface area contributed by atoms with Gasteiger partial charge in [-0.05, 0) is 24.3 Å². The van der Waals surface area contributed by atoms with Gasteiger partial charge in [-0.25, -0.2) is 4.98 Å². The Bertz CT molecular complexity index is 486. The minimum atomic E-state index is 0.688. The second kappa shape index (κ2) is 5.21. The summed E-state index contributed by atoms with van der Waals surface area (Å²) in [7, 11) is 3.23. The molecule has 2 rings (SSSR count). The lowest BCUT2D eigenvalue weighted by Gasteiger charge is -2.10. The maximum absolute atomic E-state index is 5.23. The maximum Gasteiger partial charge on any atom is 0.162 e. The Hall–Kier alpha value is -2.23. The molecule has 1 N–H and O–H groups in total. The molecule has 1 aromatic heterocycles. The van der Waals surface area contributed by atoms with Crippen molar-refractivity contribution in [2.45, 2.75) is 0 Å². The molecule has 0 amide bonds. The molecule has 17 heavy (non-hydrogen) atoms. The number of pyridine rings is 1. The number of methoxy groups -OCH3 is 2. The number of nitrogens with one attached hydrogen (secondary N) is 1. The molecule has 0 saturated heterocycles. The second-order valence-electron chi connectivity index (χ2n) is 3.41. The van der Waals surface area contributed by atoms with Crippen molar-refractivity contribution in [1.29, 1.82) is 0 Å². The topological polar surface area (TPSA) is 43.4 Å². The number of anilines is 2. The van der Waals surface area contributed by atoms with E-state index in [2.05, 4.69) is 10.3 Å². The summed E-state index contributed by atoms with van der Waals surface area (Å²) in [5, 5.41) is 3.18. The van der Waals surface area contributed by atoms with E-state index in [0.717, 1.165) is 11.5 Å². The van der Waals surface area contributed by atoms with Crippen molar-refractivity contribution in [3.8, 4) is 11.5 Å². The van der Waals surface area contributed by atoms with Crippen LogP contribution in [0.25, 0.3) is 0 Å². The monoisotopic (exact) mass is 230 g/mol. The summed E-state index contributed by atoms with van der Waals surface area (Å²) < 4.78 is 10.4. The molecule has 0 bridgehead atoms. The van der Waals surface area contributed by atoms with Gasteiger partial charge in [0.2, 0.25) is 0 Å². The van der Waals surface area contributed by atoms with Crippen molar-refractivity contribution in [3.63, 3.8) is 0 Å². The van der Waals surface area contributed by atoms with Gasteiger partial charge in [0.15, 0.2) is 11.5 Å². The molecule has 0 saturated carbocycles. The fourth-order valence-electron chi connectivity index (χ4n) is 1.50. The van der Waals surface area contributed by atoms with E-state index in [1.165, 1.54) is 0 Å². The van der Waals surface area contributed by atoms with Crippen molar-refractivity contribution in [1.82, 2.24) is 4.98 Å². The van der Waals surface area contributed by atoms with Crippen LogP contribution >= 0.6 is 0 Å². The summed E-state index contributed by atoms with van der Waals surface area (Å²) in [6, 6.07) is 11.3. The van der Waals surface area contributed by atoms with E-state index in [4.69, 9.17) is 9.47 Å². The number of aromatic nitrogens is 1. The minimum Gasteiger partial charge on any atom is -0.493 e. The highest BCUT2D eigenvalue weighted by Crippen LogP contribution is 2.30. The van der Waals surface area contributed by atoms with Gasteiger partial charge in [-0.2, -0.15) is 0 Å². The molecular formula is C13H14N2O2. The van der Waals surface area contributed by atoms with Crippen LogP contribution in [0.15, 0.2) is 42.6 Å².